The molecule has 0 spiro atoms. The Labute approximate surface area is 186 Å². The molecule has 0 bridgehead atoms. The van der Waals surface area contributed by atoms with Crippen LogP contribution in [-0.4, -0.2) is 11.4 Å². The van der Waals surface area contributed by atoms with Crippen molar-refractivity contribution in [1.29, 1.82) is 0 Å². The zero-order chi connectivity index (χ0) is 20.9. The molecule has 1 N–H and O–H groups in total. The van der Waals surface area contributed by atoms with Gasteiger partial charge in [-0.25, -0.2) is 0 Å². The van der Waals surface area contributed by atoms with Crippen molar-refractivity contribution in [2.24, 2.45) is 0 Å². The van der Waals surface area contributed by atoms with Gasteiger partial charge in [-0.05, 0) is 59.5 Å². The molecular formula is C26H24O2S2. The maximum absolute atomic E-state index is 9.81. The summed E-state index contributed by atoms with van der Waals surface area (Å²) in [6.07, 6.45) is 1.63. The lowest BCUT2D eigenvalue weighted by molar-refractivity contribution is 0.199. The first-order valence-electron chi connectivity index (χ1n) is 9.86. The van der Waals surface area contributed by atoms with Gasteiger partial charge in [0.2, 0.25) is 0 Å². The van der Waals surface area contributed by atoms with Crippen LogP contribution in [0.2, 0.25) is 0 Å². The fraction of sp³-hybridized carbons (Fsp3) is 0.154. The smallest absolute Gasteiger partial charge is 0.127 e. The highest BCUT2D eigenvalue weighted by atomic mass is 32.2. The lowest BCUT2D eigenvalue weighted by Gasteiger charge is -2.14. The predicted octanol–water partition coefficient (Wildman–Crippen LogP) is 7.44. The van der Waals surface area contributed by atoms with Gasteiger partial charge in [0.1, 0.15) is 12.4 Å². The number of aliphatic hydroxyl groups is 1. The van der Waals surface area contributed by atoms with Gasteiger partial charge in [0.05, 0.1) is 6.10 Å². The second kappa shape index (κ2) is 9.52. The molecule has 0 aliphatic carbocycles. The number of thioether (sulfide) groups is 1. The number of aliphatic hydroxyl groups excluding tert-OH is 1. The van der Waals surface area contributed by atoms with Crippen molar-refractivity contribution in [1.82, 2.24) is 0 Å². The lowest BCUT2D eigenvalue weighted by atomic mass is 10.0. The normalized spacial score (nSPS) is 12.0. The molecule has 2 nitrogen and oxygen atoms in total. The van der Waals surface area contributed by atoms with E-state index in [0.717, 1.165) is 28.0 Å². The van der Waals surface area contributed by atoms with Crippen molar-refractivity contribution < 1.29 is 9.84 Å². The standard InChI is InChI=1S/C26H24O2S2/c1-18(27)20-8-10-21(11-9-20)26-23(14-15-30-26)24-16-22(29-2)12-13-25(24)28-17-19-6-4-3-5-7-19/h3-16,18,27H,17H2,1-2H3. The summed E-state index contributed by atoms with van der Waals surface area (Å²) < 4.78 is 6.25. The Morgan fingerprint density at radius 2 is 1.70 bits per heavy atom. The fourth-order valence-corrected chi connectivity index (χ4v) is 4.72. The molecule has 1 atom stereocenters. The van der Waals surface area contributed by atoms with Crippen LogP contribution >= 0.6 is 23.1 Å². The van der Waals surface area contributed by atoms with Crippen LogP contribution in [0.1, 0.15) is 24.2 Å². The summed E-state index contributed by atoms with van der Waals surface area (Å²) in [7, 11) is 0. The van der Waals surface area contributed by atoms with E-state index in [2.05, 4.69) is 60.2 Å². The summed E-state index contributed by atoms with van der Waals surface area (Å²) in [6.45, 7) is 2.32. The van der Waals surface area contributed by atoms with E-state index in [-0.39, 0.29) is 0 Å². The number of rotatable bonds is 7. The van der Waals surface area contributed by atoms with Gasteiger partial charge in [0, 0.05) is 20.9 Å². The summed E-state index contributed by atoms with van der Waals surface area (Å²) >= 11 is 3.45. The molecule has 30 heavy (non-hydrogen) atoms. The van der Waals surface area contributed by atoms with E-state index < -0.39 is 6.10 Å². The molecule has 0 saturated heterocycles. The van der Waals surface area contributed by atoms with Crippen molar-refractivity contribution >= 4 is 23.1 Å². The molecule has 0 fully saturated rings. The molecule has 0 aliphatic rings. The zero-order valence-electron chi connectivity index (χ0n) is 17.0. The van der Waals surface area contributed by atoms with Crippen molar-refractivity contribution in [3.63, 3.8) is 0 Å². The van der Waals surface area contributed by atoms with Crippen LogP contribution in [0.25, 0.3) is 21.6 Å². The second-order valence-corrected chi connectivity index (χ2v) is 8.89. The Morgan fingerprint density at radius 1 is 0.933 bits per heavy atom. The average molecular weight is 433 g/mol. The van der Waals surface area contributed by atoms with Crippen molar-refractivity contribution in [2.75, 3.05) is 6.26 Å². The van der Waals surface area contributed by atoms with E-state index in [1.807, 2.05) is 30.3 Å². The Kier molecular flexibility index (Phi) is 6.58. The molecule has 4 heteroatoms. The quantitative estimate of drug-likeness (QED) is 0.308. The van der Waals surface area contributed by atoms with Gasteiger partial charge in [-0.1, -0.05) is 54.6 Å². The first-order chi connectivity index (χ1) is 14.7. The maximum atomic E-state index is 9.81. The predicted molar refractivity (Wildman–Crippen MR) is 128 cm³/mol. The van der Waals surface area contributed by atoms with Crippen molar-refractivity contribution in [3.05, 3.63) is 95.4 Å². The SMILES string of the molecule is CSc1ccc(OCc2ccccc2)c(-c2ccsc2-c2ccc(C(C)O)cc2)c1. The Balaban J connectivity index is 1.70. The van der Waals surface area contributed by atoms with Crippen LogP contribution in [-0.2, 0) is 6.61 Å². The number of thiophene rings is 1. The topological polar surface area (TPSA) is 29.5 Å². The molecule has 1 aromatic heterocycles. The van der Waals surface area contributed by atoms with Crippen LogP contribution in [0, 0.1) is 0 Å². The maximum Gasteiger partial charge on any atom is 0.127 e. The Hall–Kier alpha value is -2.53. The highest BCUT2D eigenvalue weighted by Crippen LogP contribution is 2.42. The van der Waals surface area contributed by atoms with Gasteiger partial charge >= 0.3 is 0 Å². The molecule has 0 radical (unpaired) electrons. The average Bonchev–Trinajstić information content (AvgIpc) is 3.28. The summed E-state index contributed by atoms with van der Waals surface area (Å²) in [6, 6.07) is 26.9. The van der Waals surface area contributed by atoms with E-state index in [1.54, 1.807) is 30.0 Å². The number of ether oxygens (including phenoxy) is 1. The monoisotopic (exact) mass is 432 g/mol. The van der Waals surface area contributed by atoms with Crippen LogP contribution < -0.4 is 4.74 Å². The van der Waals surface area contributed by atoms with E-state index in [0.29, 0.717) is 6.61 Å². The molecular weight excluding hydrogens is 408 g/mol. The molecule has 0 saturated carbocycles. The largest absolute Gasteiger partial charge is 0.488 e. The van der Waals surface area contributed by atoms with E-state index in [4.69, 9.17) is 4.74 Å². The molecule has 1 heterocycles. The van der Waals surface area contributed by atoms with Gasteiger partial charge < -0.3 is 9.84 Å². The first kappa shape index (κ1) is 20.7. The molecule has 4 aromatic rings. The molecule has 0 aliphatic heterocycles. The summed E-state index contributed by atoms with van der Waals surface area (Å²) in [5.41, 5.74) is 5.50. The summed E-state index contributed by atoms with van der Waals surface area (Å²) in [4.78, 5) is 2.41. The summed E-state index contributed by atoms with van der Waals surface area (Å²) in [5, 5.41) is 11.9. The fourth-order valence-electron chi connectivity index (χ4n) is 3.37. The van der Waals surface area contributed by atoms with Gasteiger partial charge in [-0.15, -0.1) is 23.1 Å². The van der Waals surface area contributed by atoms with E-state index in [1.165, 1.54) is 15.3 Å². The second-order valence-electron chi connectivity index (χ2n) is 7.10. The van der Waals surface area contributed by atoms with Gasteiger partial charge in [0.15, 0.2) is 0 Å². The van der Waals surface area contributed by atoms with Gasteiger partial charge in [-0.2, -0.15) is 0 Å². The number of hydrogen-bond donors (Lipinski definition) is 1. The number of hydrogen-bond acceptors (Lipinski definition) is 4. The molecule has 4 rings (SSSR count). The summed E-state index contributed by atoms with van der Waals surface area (Å²) in [5.74, 6) is 0.886. The lowest BCUT2D eigenvalue weighted by Crippen LogP contribution is -1.97. The Morgan fingerprint density at radius 3 is 2.40 bits per heavy atom. The van der Waals surface area contributed by atoms with E-state index >= 15 is 0 Å². The van der Waals surface area contributed by atoms with Gasteiger partial charge in [0.25, 0.3) is 0 Å². The molecule has 0 amide bonds. The third kappa shape index (κ3) is 4.62. The first-order valence-corrected chi connectivity index (χ1v) is 12.0. The van der Waals surface area contributed by atoms with Crippen LogP contribution in [0.3, 0.4) is 0 Å². The van der Waals surface area contributed by atoms with Crippen LogP contribution in [0.15, 0.2) is 89.1 Å². The highest BCUT2D eigenvalue weighted by molar-refractivity contribution is 7.98. The highest BCUT2D eigenvalue weighted by Gasteiger charge is 2.15. The van der Waals surface area contributed by atoms with Crippen LogP contribution in [0.5, 0.6) is 5.75 Å². The minimum Gasteiger partial charge on any atom is -0.488 e. The third-order valence-electron chi connectivity index (χ3n) is 5.03. The van der Waals surface area contributed by atoms with Crippen molar-refractivity contribution in [2.45, 2.75) is 24.5 Å². The molecule has 1 unspecified atom stereocenters. The minimum absolute atomic E-state index is 0.460. The molecule has 3 aromatic carbocycles. The number of benzene rings is 3. The third-order valence-corrected chi connectivity index (χ3v) is 6.72. The Bertz CT molecular complexity index is 1100. The zero-order valence-corrected chi connectivity index (χ0v) is 18.7. The minimum atomic E-state index is -0.460. The molecule has 152 valence electrons. The van der Waals surface area contributed by atoms with Crippen molar-refractivity contribution in [3.8, 4) is 27.3 Å². The van der Waals surface area contributed by atoms with Crippen LogP contribution in [0.4, 0.5) is 0 Å². The van der Waals surface area contributed by atoms with Gasteiger partial charge in [-0.3, -0.25) is 0 Å². The van der Waals surface area contributed by atoms with E-state index in [9.17, 15) is 5.11 Å².